The van der Waals surface area contributed by atoms with E-state index in [2.05, 4.69) is 37.8 Å². The van der Waals surface area contributed by atoms with E-state index < -0.39 is 6.09 Å². The quantitative estimate of drug-likeness (QED) is 0.177. The first kappa shape index (κ1) is 27.5. The van der Waals surface area contributed by atoms with Crippen molar-refractivity contribution in [2.75, 3.05) is 39.8 Å². The van der Waals surface area contributed by atoms with E-state index in [-0.39, 0.29) is 24.0 Å². The maximum atomic E-state index is 11.3. The zero-order valence-electron chi connectivity index (χ0n) is 19.1. The predicted molar refractivity (Wildman–Crippen MR) is 138 cm³/mol. The molecule has 2 aromatic carbocycles. The average molecular weight is 556 g/mol. The van der Waals surface area contributed by atoms with Crippen LogP contribution in [0.4, 0.5) is 10.5 Å². The number of guanidine groups is 1. The Morgan fingerprint density at radius 3 is 2.38 bits per heavy atom. The van der Waals surface area contributed by atoms with E-state index in [0.717, 1.165) is 28.9 Å². The molecule has 0 heterocycles. The molecule has 8 nitrogen and oxygen atoms in total. The van der Waals surface area contributed by atoms with Crippen molar-refractivity contribution in [2.24, 2.45) is 4.99 Å². The summed E-state index contributed by atoms with van der Waals surface area (Å²) in [6.45, 7) is 4.51. The van der Waals surface area contributed by atoms with Gasteiger partial charge < -0.3 is 24.8 Å². The molecule has 2 aromatic rings. The van der Waals surface area contributed by atoms with E-state index in [9.17, 15) is 4.79 Å². The molecule has 0 bridgehead atoms. The number of aliphatic imine (C=N–C) groups is 1. The Hall–Kier alpha value is -2.53. The van der Waals surface area contributed by atoms with Gasteiger partial charge >= 0.3 is 6.09 Å². The lowest BCUT2D eigenvalue weighted by Crippen LogP contribution is -2.36. The maximum absolute atomic E-state index is 11.3. The van der Waals surface area contributed by atoms with Crippen LogP contribution < -0.4 is 20.7 Å². The number of benzene rings is 2. The number of nitrogens with zero attached hydrogens (tertiary/aromatic N) is 1. The van der Waals surface area contributed by atoms with E-state index in [4.69, 9.17) is 9.47 Å². The maximum Gasteiger partial charge on any atom is 0.411 e. The van der Waals surface area contributed by atoms with Gasteiger partial charge in [0.05, 0.1) is 13.7 Å². The lowest BCUT2D eigenvalue weighted by atomic mass is 10.1. The molecule has 0 aliphatic heterocycles. The highest BCUT2D eigenvalue weighted by molar-refractivity contribution is 14.0. The van der Waals surface area contributed by atoms with Crippen molar-refractivity contribution in [2.45, 2.75) is 26.4 Å². The standard InChI is InChI=1S/C23H32N4O4.HI/c1-17-6-9-19(21(14-17)31-13-5-12-29-3)16-26-22(24-2)25-15-18-7-10-20(11-8-18)27-23(28)30-4;/h6-11,14H,5,12-13,15-16H2,1-4H3,(H,27,28)(H2,24,25,26);1H. The third-order valence-corrected chi connectivity index (χ3v) is 4.49. The van der Waals surface area contributed by atoms with Gasteiger partial charge in [0.15, 0.2) is 5.96 Å². The molecule has 0 fully saturated rings. The fourth-order valence-electron chi connectivity index (χ4n) is 2.79. The van der Waals surface area contributed by atoms with Crippen molar-refractivity contribution >= 4 is 41.7 Å². The first-order chi connectivity index (χ1) is 15.0. The zero-order valence-corrected chi connectivity index (χ0v) is 21.4. The van der Waals surface area contributed by atoms with Gasteiger partial charge in [-0.2, -0.15) is 0 Å². The van der Waals surface area contributed by atoms with Crippen LogP contribution >= 0.6 is 24.0 Å². The number of halogens is 1. The molecule has 32 heavy (non-hydrogen) atoms. The minimum atomic E-state index is -0.492. The zero-order chi connectivity index (χ0) is 22.5. The largest absolute Gasteiger partial charge is 0.493 e. The summed E-state index contributed by atoms with van der Waals surface area (Å²) in [6.07, 6.45) is 0.350. The van der Waals surface area contributed by atoms with Crippen molar-refractivity contribution in [3.63, 3.8) is 0 Å². The number of hydrogen-bond acceptors (Lipinski definition) is 5. The SMILES string of the molecule is CN=C(NCc1ccc(NC(=O)OC)cc1)NCc1ccc(C)cc1OCCCOC.I. The second kappa shape index (κ2) is 15.3. The second-order valence-corrected chi connectivity index (χ2v) is 6.90. The van der Waals surface area contributed by atoms with Gasteiger partial charge in [-0.15, -0.1) is 24.0 Å². The van der Waals surface area contributed by atoms with Crippen LogP contribution in [0.2, 0.25) is 0 Å². The van der Waals surface area contributed by atoms with Crippen molar-refractivity contribution in [1.29, 1.82) is 0 Å². The Morgan fingerprint density at radius 1 is 1.00 bits per heavy atom. The predicted octanol–water partition coefficient (Wildman–Crippen LogP) is 4.07. The normalized spacial score (nSPS) is 10.7. The molecule has 0 aliphatic carbocycles. The minimum absolute atomic E-state index is 0. The average Bonchev–Trinajstić information content (AvgIpc) is 2.78. The van der Waals surface area contributed by atoms with Gasteiger partial charge in [-0.1, -0.05) is 24.3 Å². The Bertz CT molecular complexity index is 860. The summed E-state index contributed by atoms with van der Waals surface area (Å²) in [4.78, 5) is 15.5. The molecule has 9 heteroatoms. The van der Waals surface area contributed by atoms with Gasteiger partial charge in [0.25, 0.3) is 0 Å². The van der Waals surface area contributed by atoms with Crippen molar-refractivity contribution in [1.82, 2.24) is 10.6 Å². The molecular weight excluding hydrogens is 523 g/mol. The van der Waals surface area contributed by atoms with Crippen LogP contribution in [0.25, 0.3) is 0 Å². The van der Waals surface area contributed by atoms with Crippen LogP contribution in [0.5, 0.6) is 5.75 Å². The summed E-state index contributed by atoms with van der Waals surface area (Å²) in [5.41, 5.74) is 3.94. The number of carbonyl (C=O) groups excluding carboxylic acids is 1. The lowest BCUT2D eigenvalue weighted by molar-refractivity contribution is 0.171. The van der Waals surface area contributed by atoms with E-state index in [0.29, 0.717) is 38.0 Å². The first-order valence-corrected chi connectivity index (χ1v) is 10.2. The summed E-state index contributed by atoms with van der Waals surface area (Å²) < 4.78 is 15.6. The molecule has 0 unspecified atom stereocenters. The number of aryl methyl sites for hydroxylation is 1. The highest BCUT2D eigenvalue weighted by atomic mass is 127. The van der Waals surface area contributed by atoms with E-state index in [1.807, 2.05) is 37.3 Å². The van der Waals surface area contributed by atoms with Crippen LogP contribution in [0, 0.1) is 6.92 Å². The van der Waals surface area contributed by atoms with Gasteiger partial charge in [0, 0.05) is 51.5 Å². The molecular formula is C23H33IN4O4. The lowest BCUT2D eigenvalue weighted by Gasteiger charge is -2.16. The number of methoxy groups -OCH3 is 2. The highest BCUT2D eigenvalue weighted by Gasteiger charge is 2.07. The first-order valence-electron chi connectivity index (χ1n) is 10.2. The number of rotatable bonds is 10. The topological polar surface area (TPSA) is 93.2 Å². The summed E-state index contributed by atoms with van der Waals surface area (Å²) >= 11 is 0. The number of ether oxygens (including phenoxy) is 3. The molecule has 0 radical (unpaired) electrons. The summed E-state index contributed by atoms with van der Waals surface area (Å²) in [5.74, 6) is 1.55. The molecule has 1 amide bonds. The summed E-state index contributed by atoms with van der Waals surface area (Å²) in [5, 5.41) is 9.24. The van der Waals surface area contributed by atoms with Gasteiger partial charge in [-0.25, -0.2) is 4.79 Å². The van der Waals surface area contributed by atoms with E-state index >= 15 is 0 Å². The van der Waals surface area contributed by atoms with Gasteiger partial charge in [-0.05, 0) is 36.2 Å². The molecule has 3 N–H and O–H groups in total. The monoisotopic (exact) mass is 556 g/mol. The van der Waals surface area contributed by atoms with Crippen molar-refractivity contribution < 1.29 is 19.0 Å². The number of hydrogen-bond donors (Lipinski definition) is 3. The molecule has 0 spiro atoms. The van der Waals surface area contributed by atoms with Crippen molar-refractivity contribution in [3.8, 4) is 5.75 Å². The number of carbonyl (C=O) groups is 1. The van der Waals surface area contributed by atoms with Crippen molar-refractivity contribution in [3.05, 3.63) is 59.2 Å². The molecule has 0 saturated carbocycles. The third kappa shape index (κ3) is 9.73. The van der Waals surface area contributed by atoms with Crippen LogP contribution in [-0.2, 0) is 22.6 Å². The van der Waals surface area contributed by atoms with Crippen LogP contribution in [-0.4, -0.2) is 46.5 Å². The van der Waals surface area contributed by atoms with Gasteiger partial charge in [-0.3, -0.25) is 10.3 Å². The van der Waals surface area contributed by atoms with Crippen LogP contribution in [0.1, 0.15) is 23.1 Å². The Morgan fingerprint density at radius 2 is 1.72 bits per heavy atom. The number of nitrogens with one attached hydrogen (secondary N) is 3. The van der Waals surface area contributed by atoms with E-state index in [1.165, 1.54) is 7.11 Å². The molecule has 0 aliphatic rings. The molecule has 0 saturated heterocycles. The fraction of sp³-hybridized carbons (Fsp3) is 0.391. The van der Waals surface area contributed by atoms with Crippen LogP contribution in [0.3, 0.4) is 0 Å². The highest BCUT2D eigenvalue weighted by Crippen LogP contribution is 2.20. The van der Waals surface area contributed by atoms with E-state index in [1.54, 1.807) is 14.2 Å². The molecule has 0 aromatic heterocycles. The Kier molecular flexibility index (Phi) is 13.2. The summed E-state index contributed by atoms with van der Waals surface area (Å²) in [6, 6.07) is 13.7. The molecule has 2 rings (SSSR count). The third-order valence-electron chi connectivity index (χ3n) is 4.49. The second-order valence-electron chi connectivity index (χ2n) is 6.90. The fourth-order valence-corrected chi connectivity index (χ4v) is 2.79. The Labute approximate surface area is 207 Å². The number of anilines is 1. The Balaban J connectivity index is 0.00000512. The molecule has 176 valence electrons. The number of amides is 1. The van der Waals surface area contributed by atoms with Gasteiger partial charge in [0.2, 0.25) is 0 Å². The molecule has 0 atom stereocenters. The summed E-state index contributed by atoms with van der Waals surface area (Å²) in [7, 11) is 4.75. The smallest absolute Gasteiger partial charge is 0.411 e. The van der Waals surface area contributed by atoms with Gasteiger partial charge in [0.1, 0.15) is 5.75 Å². The van der Waals surface area contributed by atoms with Crippen LogP contribution in [0.15, 0.2) is 47.5 Å². The minimum Gasteiger partial charge on any atom is -0.493 e.